The molecule has 1 aromatic heterocycles. The highest BCUT2D eigenvalue weighted by atomic mass is 35.5. The van der Waals surface area contributed by atoms with E-state index in [-0.39, 0.29) is 5.43 Å². The fourth-order valence-electron chi connectivity index (χ4n) is 1.48. The SMILES string of the molecule is Cc1cc(=O)ccn1-c1ccc(Cl)cc1. The predicted octanol–water partition coefficient (Wildman–Crippen LogP) is 2.80. The molecule has 1 aromatic carbocycles. The molecule has 1 heterocycles. The zero-order valence-electron chi connectivity index (χ0n) is 8.27. The summed E-state index contributed by atoms with van der Waals surface area (Å²) in [6.45, 7) is 1.90. The Kier molecular flexibility index (Phi) is 2.60. The zero-order valence-corrected chi connectivity index (χ0v) is 9.03. The van der Waals surface area contributed by atoms with Gasteiger partial charge in [0.15, 0.2) is 5.43 Å². The molecule has 3 heteroatoms. The quantitative estimate of drug-likeness (QED) is 0.723. The van der Waals surface area contributed by atoms with E-state index < -0.39 is 0 Å². The minimum Gasteiger partial charge on any atom is -0.321 e. The predicted molar refractivity (Wildman–Crippen MR) is 61.8 cm³/mol. The van der Waals surface area contributed by atoms with Crippen LogP contribution in [0.4, 0.5) is 0 Å². The number of pyridine rings is 1. The summed E-state index contributed by atoms with van der Waals surface area (Å²) in [7, 11) is 0. The van der Waals surface area contributed by atoms with Gasteiger partial charge in [0.25, 0.3) is 0 Å². The number of nitrogens with zero attached hydrogens (tertiary/aromatic N) is 1. The fourth-order valence-corrected chi connectivity index (χ4v) is 1.61. The number of hydrogen-bond acceptors (Lipinski definition) is 1. The summed E-state index contributed by atoms with van der Waals surface area (Å²) in [4.78, 5) is 11.1. The van der Waals surface area contributed by atoms with Crippen molar-refractivity contribution in [3.63, 3.8) is 0 Å². The van der Waals surface area contributed by atoms with E-state index in [2.05, 4.69) is 0 Å². The number of aryl methyl sites for hydroxylation is 1. The minimum absolute atomic E-state index is 0.0257. The first kappa shape index (κ1) is 9.99. The molecule has 0 aliphatic rings. The molecule has 2 aromatic rings. The van der Waals surface area contributed by atoms with Crippen LogP contribution in [0.5, 0.6) is 0 Å². The maximum atomic E-state index is 11.1. The lowest BCUT2D eigenvalue weighted by atomic mass is 10.3. The van der Waals surface area contributed by atoms with E-state index in [1.165, 1.54) is 0 Å². The van der Waals surface area contributed by atoms with Crippen molar-refractivity contribution in [2.24, 2.45) is 0 Å². The highest BCUT2D eigenvalue weighted by molar-refractivity contribution is 6.30. The second-order valence-electron chi connectivity index (χ2n) is 3.35. The van der Waals surface area contributed by atoms with Gasteiger partial charge in [0.2, 0.25) is 0 Å². The Morgan fingerprint density at radius 3 is 2.40 bits per heavy atom. The van der Waals surface area contributed by atoms with Gasteiger partial charge in [-0.15, -0.1) is 0 Å². The third-order valence-corrected chi connectivity index (χ3v) is 2.48. The second kappa shape index (κ2) is 3.91. The van der Waals surface area contributed by atoms with Crippen molar-refractivity contribution >= 4 is 11.6 Å². The zero-order chi connectivity index (χ0) is 10.8. The van der Waals surface area contributed by atoms with Crippen LogP contribution in [0.1, 0.15) is 5.69 Å². The van der Waals surface area contributed by atoms with Crippen LogP contribution in [0.15, 0.2) is 47.4 Å². The Morgan fingerprint density at radius 1 is 1.13 bits per heavy atom. The molecule has 0 amide bonds. The van der Waals surface area contributed by atoms with Gasteiger partial charge < -0.3 is 4.57 Å². The van der Waals surface area contributed by atoms with Crippen LogP contribution in [-0.4, -0.2) is 4.57 Å². The summed E-state index contributed by atoms with van der Waals surface area (Å²) in [5, 5.41) is 0.706. The van der Waals surface area contributed by atoms with Gasteiger partial charge in [-0.1, -0.05) is 11.6 Å². The van der Waals surface area contributed by atoms with Crippen LogP contribution in [-0.2, 0) is 0 Å². The number of halogens is 1. The largest absolute Gasteiger partial charge is 0.321 e. The van der Waals surface area contributed by atoms with Crippen LogP contribution >= 0.6 is 11.6 Å². The molecule has 0 radical (unpaired) electrons. The first-order chi connectivity index (χ1) is 7.16. The molecule has 0 aliphatic heterocycles. The number of benzene rings is 1. The number of rotatable bonds is 1. The van der Waals surface area contributed by atoms with E-state index in [0.717, 1.165) is 11.4 Å². The van der Waals surface area contributed by atoms with E-state index in [1.807, 2.05) is 35.8 Å². The Morgan fingerprint density at radius 2 is 1.80 bits per heavy atom. The first-order valence-electron chi connectivity index (χ1n) is 4.62. The van der Waals surface area contributed by atoms with Gasteiger partial charge in [-0.3, -0.25) is 4.79 Å². The number of aromatic nitrogens is 1. The van der Waals surface area contributed by atoms with E-state index in [9.17, 15) is 4.79 Å². The summed E-state index contributed by atoms with van der Waals surface area (Å²) >= 11 is 5.80. The van der Waals surface area contributed by atoms with Gasteiger partial charge in [-0.2, -0.15) is 0 Å². The summed E-state index contributed by atoms with van der Waals surface area (Å²) in [6, 6.07) is 10.6. The highest BCUT2D eigenvalue weighted by Gasteiger charge is 1.98. The molecule has 0 aliphatic carbocycles. The average molecular weight is 220 g/mol. The first-order valence-corrected chi connectivity index (χ1v) is 5.00. The van der Waals surface area contributed by atoms with Gasteiger partial charge in [0.05, 0.1) is 0 Å². The molecule has 15 heavy (non-hydrogen) atoms. The Balaban J connectivity index is 2.54. The van der Waals surface area contributed by atoms with Crippen molar-refractivity contribution in [2.45, 2.75) is 6.92 Å². The van der Waals surface area contributed by atoms with Crippen molar-refractivity contribution in [1.29, 1.82) is 0 Å². The third-order valence-electron chi connectivity index (χ3n) is 2.22. The molecular formula is C12H10ClNO. The van der Waals surface area contributed by atoms with Crippen LogP contribution in [0.25, 0.3) is 5.69 Å². The van der Waals surface area contributed by atoms with Crippen LogP contribution in [0.2, 0.25) is 5.02 Å². The molecule has 2 nitrogen and oxygen atoms in total. The Hall–Kier alpha value is -1.54. The summed E-state index contributed by atoms with van der Waals surface area (Å²) in [5.74, 6) is 0. The van der Waals surface area contributed by atoms with Gasteiger partial charge in [0, 0.05) is 34.7 Å². The smallest absolute Gasteiger partial charge is 0.181 e. The second-order valence-corrected chi connectivity index (χ2v) is 3.79. The molecule has 2 rings (SSSR count). The molecule has 0 bridgehead atoms. The molecule has 0 N–H and O–H groups in total. The minimum atomic E-state index is 0.0257. The monoisotopic (exact) mass is 219 g/mol. The average Bonchev–Trinajstić information content (AvgIpc) is 2.20. The molecule has 0 atom stereocenters. The summed E-state index contributed by atoms with van der Waals surface area (Å²) in [6.07, 6.45) is 1.76. The number of hydrogen-bond donors (Lipinski definition) is 0. The molecule has 76 valence electrons. The molecular weight excluding hydrogens is 210 g/mol. The lowest BCUT2D eigenvalue weighted by Crippen LogP contribution is -2.06. The lowest BCUT2D eigenvalue weighted by molar-refractivity contribution is 0.974. The van der Waals surface area contributed by atoms with Crippen molar-refractivity contribution < 1.29 is 0 Å². The van der Waals surface area contributed by atoms with E-state index in [0.29, 0.717) is 5.02 Å². The van der Waals surface area contributed by atoms with Crippen molar-refractivity contribution in [3.05, 3.63) is 63.5 Å². The molecule has 0 saturated carbocycles. The van der Waals surface area contributed by atoms with Crippen LogP contribution < -0.4 is 5.43 Å². The fraction of sp³-hybridized carbons (Fsp3) is 0.0833. The third kappa shape index (κ3) is 2.10. The van der Waals surface area contributed by atoms with E-state index in [1.54, 1.807) is 18.3 Å². The summed E-state index contributed by atoms with van der Waals surface area (Å²) < 4.78 is 1.94. The standard InChI is InChI=1S/C12H10ClNO/c1-9-8-12(15)6-7-14(9)11-4-2-10(13)3-5-11/h2-8H,1H3. The molecule has 0 saturated heterocycles. The van der Waals surface area contributed by atoms with E-state index >= 15 is 0 Å². The molecule has 0 unspecified atom stereocenters. The Bertz CT molecular complexity index is 528. The Labute approximate surface area is 92.7 Å². The maximum Gasteiger partial charge on any atom is 0.181 e. The molecule has 0 fully saturated rings. The van der Waals surface area contributed by atoms with Gasteiger partial charge in [-0.05, 0) is 31.2 Å². The topological polar surface area (TPSA) is 22.0 Å². The normalized spacial score (nSPS) is 10.3. The van der Waals surface area contributed by atoms with Gasteiger partial charge >= 0.3 is 0 Å². The lowest BCUT2D eigenvalue weighted by Gasteiger charge is -2.09. The van der Waals surface area contributed by atoms with E-state index in [4.69, 9.17) is 11.6 Å². The molecule has 0 spiro atoms. The van der Waals surface area contributed by atoms with Crippen molar-refractivity contribution in [1.82, 2.24) is 4.57 Å². The van der Waals surface area contributed by atoms with Gasteiger partial charge in [-0.25, -0.2) is 0 Å². The maximum absolute atomic E-state index is 11.1. The van der Waals surface area contributed by atoms with Crippen LogP contribution in [0, 0.1) is 6.92 Å². The van der Waals surface area contributed by atoms with Crippen molar-refractivity contribution in [3.8, 4) is 5.69 Å². The van der Waals surface area contributed by atoms with Crippen LogP contribution in [0.3, 0.4) is 0 Å². The van der Waals surface area contributed by atoms with Crippen molar-refractivity contribution in [2.75, 3.05) is 0 Å². The summed E-state index contributed by atoms with van der Waals surface area (Å²) in [5.41, 5.74) is 1.93. The highest BCUT2D eigenvalue weighted by Crippen LogP contribution is 2.14. The van der Waals surface area contributed by atoms with Gasteiger partial charge in [0.1, 0.15) is 0 Å².